The van der Waals surface area contributed by atoms with Crippen LogP contribution >= 0.6 is 46.9 Å². The number of nitrogens with zero attached hydrogens (tertiary/aromatic N) is 1. The summed E-state index contributed by atoms with van der Waals surface area (Å²) in [7, 11) is -14.5. The molecule has 18 fully saturated rings. The number of para-hydroxylation sites is 1. The van der Waals surface area contributed by atoms with E-state index < -0.39 is 86.8 Å². The van der Waals surface area contributed by atoms with Gasteiger partial charge in [-0.2, -0.15) is 0 Å². The Morgan fingerprint density at radius 1 is 0.418 bits per heavy atom. The molecular weight excluding hydrogens is 1420 g/mol. The lowest BCUT2D eigenvalue weighted by Crippen LogP contribution is -2.61. The first kappa shape index (κ1) is 74.8. The molecule has 538 valence electrons. The molecule has 0 unspecified atom stereocenters. The molecule has 18 aliphatic rings. The number of esters is 2. The van der Waals surface area contributed by atoms with Crippen molar-refractivity contribution in [3.05, 3.63) is 137 Å². The van der Waals surface area contributed by atoms with Gasteiger partial charge in [0.1, 0.15) is 42.1 Å². The monoisotopic (exact) mass is 1500 g/mol. The van der Waals surface area contributed by atoms with Gasteiger partial charge in [-0.25, -0.2) is 37.0 Å². The number of hydrogen-bond donors (Lipinski definition) is 2. The van der Waals surface area contributed by atoms with Gasteiger partial charge in [0.2, 0.25) is 5.91 Å². The molecule has 0 radical (unpaired) electrons. The lowest BCUT2D eigenvalue weighted by molar-refractivity contribution is -0.188. The second kappa shape index (κ2) is 30.5. The van der Waals surface area contributed by atoms with E-state index in [2.05, 4.69) is 21.4 Å². The van der Waals surface area contributed by atoms with Crippen molar-refractivity contribution in [2.75, 3.05) is 145 Å². The maximum absolute atomic E-state index is 12.2. The fourth-order valence-electron chi connectivity index (χ4n) is 10.1. The van der Waals surface area contributed by atoms with Crippen molar-refractivity contribution in [2.45, 2.75) is 60.5 Å². The summed E-state index contributed by atoms with van der Waals surface area (Å²) in [5.74, 6) is -1.41. The van der Waals surface area contributed by atoms with E-state index in [1.54, 1.807) is 6.07 Å². The topological polar surface area (TPSA) is 384 Å². The molecule has 22 rings (SSSR count). The minimum absolute atomic E-state index is 0.0628. The molecule has 4 aromatic carbocycles. The van der Waals surface area contributed by atoms with Gasteiger partial charge in [0.25, 0.3) is 0 Å². The van der Waals surface area contributed by atoms with Crippen LogP contribution in [-0.4, -0.2) is 196 Å². The Balaban J connectivity index is 0.000000120. The van der Waals surface area contributed by atoms with Gasteiger partial charge in [0, 0.05) is 12.6 Å². The van der Waals surface area contributed by atoms with Crippen molar-refractivity contribution in [1.29, 1.82) is 0 Å². The van der Waals surface area contributed by atoms with Crippen molar-refractivity contribution in [2.24, 2.45) is 0 Å². The van der Waals surface area contributed by atoms with Crippen molar-refractivity contribution >= 4 is 70.5 Å². The fourth-order valence-corrected chi connectivity index (χ4v) is 18.7. The molecule has 40 heteroatoms. The number of rotatable bonds is 13. The third-order valence-electron chi connectivity index (χ3n) is 16.3. The predicted molar refractivity (Wildman–Crippen MR) is 337 cm³/mol. The molecule has 0 atom stereocenters. The van der Waals surface area contributed by atoms with Crippen molar-refractivity contribution in [3.8, 4) is 0 Å². The molecule has 0 saturated carbocycles. The number of aryl methyl sites for hydroxylation is 1. The summed E-state index contributed by atoms with van der Waals surface area (Å²) in [5.41, 5.74) is 1.02. The second-order valence-electron chi connectivity index (χ2n) is 24.5. The van der Waals surface area contributed by atoms with Gasteiger partial charge < -0.3 is 29.6 Å². The highest BCUT2D eigenvalue weighted by Gasteiger charge is 2.57. The van der Waals surface area contributed by atoms with Crippen LogP contribution in [0.4, 0.5) is 5.69 Å². The number of nitrogens with one attached hydrogen (secondary N) is 2. The third kappa shape index (κ3) is 18.7. The van der Waals surface area contributed by atoms with E-state index in [-0.39, 0.29) is 102 Å². The van der Waals surface area contributed by atoms with Crippen LogP contribution < -0.4 is 10.6 Å². The molecule has 18 heterocycles. The Kier molecular flexibility index (Phi) is 23.3. The molecular formula is C58H75N3O31P6. The largest absolute Gasteiger partial charge is 0.475 e. The maximum atomic E-state index is 12.2. The number of ether oxygens (including phenoxy) is 4. The van der Waals surface area contributed by atoms with Crippen molar-refractivity contribution in [1.82, 2.24) is 10.2 Å². The minimum Gasteiger partial charge on any atom is -0.465 e. The molecule has 34 nitrogen and oxygen atoms in total. The number of carbonyl (C=O) groups excluding carboxylic acids is 3. The summed E-state index contributed by atoms with van der Waals surface area (Å²) in [6.45, 7) is 8.61. The van der Waals surface area contributed by atoms with Gasteiger partial charge in [0.15, 0.2) is 5.60 Å². The minimum atomic E-state index is -3.46. The quantitative estimate of drug-likeness (QED) is 0.0933. The number of benzene rings is 4. The van der Waals surface area contributed by atoms with Crippen LogP contribution in [-0.2, 0) is 146 Å². The standard InChI is InChI=1S/C13H13O8P.C12H15O5P.C11H13O5P.C10H12NO4P.C6H10NO5P.C6H12NO4P/c1-17-11(14)9-3-2-4-10(5-9)12(15)21-13-6-18-22(16,19-7-13)20-8-13;1-10-3-2-4-11(5-10)6-14-12-7-15-18(13,16-8-12)17-9-12;12-17-14-7-11(8-15-17,9-16-17)13-6-10-4-2-1-3-5-10;12-16-13-6-10(7-14-16,8-15-16)11-9-4-2-1-3-5-9;1-5(8)7-6-2-10-13(9,11-3-6)12-4-6;1-7(2)6-3-9-12(8,10-4-6)11-5-6/h2-5H,6-8H2,1H3;2-5H,6-9H2,1H3;1-5H,6-9H2;1-5,11H,6-8H2;2-4H2,1H3,(H,7,8);3-5H2,1-2H3. The summed E-state index contributed by atoms with van der Waals surface area (Å²) in [6.07, 6.45) is 0. The molecule has 12 bridgehead atoms. The normalized spacial score (nSPS) is 36.9. The van der Waals surface area contributed by atoms with Gasteiger partial charge in [-0.1, -0.05) is 84.4 Å². The van der Waals surface area contributed by atoms with Gasteiger partial charge >= 0.3 is 58.9 Å². The molecule has 0 aliphatic carbocycles. The fraction of sp³-hybridized carbons (Fsp3) is 0.534. The van der Waals surface area contributed by atoms with Crippen molar-refractivity contribution < 1.29 is 142 Å². The van der Waals surface area contributed by atoms with Crippen molar-refractivity contribution in [3.63, 3.8) is 0 Å². The smallest absolute Gasteiger partial charge is 0.465 e. The zero-order valence-corrected chi connectivity index (χ0v) is 59.2. The number of amides is 1. The summed E-state index contributed by atoms with van der Waals surface area (Å²) >= 11 is 0. The average Bonchev–Trinajstić information content (AvgIpc) is 0.805. The highest BCUT2D eigenvalue weighted by atomic mass is 31.2. The molecule has 98 heavy (non-hydrogen) atoms. The molecule has 18 saturated heterocycles. The zero-order chi connectivity index (χ0) is 69.6. The Bertz CT molecular complexity index is 3630. The molecule has 0 aromatic heterocycles. The van der Waals surface area contributed by atoms with Crippen LogP contribution in [0.3, 0.4) is 0 Å². The Morgan fingerprint density at radius 3 is 1.16 bits per heavy atom. The van der Waals surface area contributed by atoms with E-state index in [9.17, 15) is 41.8 Å². The van der Waals surface area contributed by atoms with E-state index in [1.165, 1.54) is 37.8 Å². The summed E-state index contributed by atoms with van der Waals surface area (Å²) in [5, 5.41) is 5.97. The first-order valence-corrected chi connectivity index (χ1v) is 39.1. The first-order valence-electron chi connectivity index (χ1n) is 30.3. The Morgan fingerprint density at radius 2 is 0.765 bits per heavy atom. The van der Waals surface area contributed by atoms with Gasteiger partial charge in [-0.3, -0.25) is 91.1 Å². The maximum Gasteiger partial charge on any atom is 0.475 e. The summed E-state index contributed by atoms with van der Waals surface area (Å²) in [4.78, 5) is 36.5. The average molecular weight is 1500 g/mol. The molecule has 1 amide bonds. The van der Waals surface area contributed by atoms with Crippen LogP contribution in [0.25, 0.3) is 0 Å². The van der Waals surface area contributed by atoms with Gasteiger partial charge in [-0.05, 0) is 62.5 Å². The summed E-state index contributed by atoms with van der Waals surface area (Å²) in [6, 6.07) is 33.6. The molecule has 0 spiro atoms. The molecule has 4 aromatic rings. The third-order valence-corrected chi connectivity index (χ3v) is 24.3. The Hall–Kier alpha value is -4.37. The lowest BCUT2D eigenvalue weighted by atomic mass is 10.0. The predicted octanol–water partition coefficient (Wildman–Crippen LogP) is 8.66. The van der Waals surface area contributed by atoms with Gasteiger partial charge in [-0.15, -0.1) is 0 Å². The van der Waals surface area contributed by atoms with E-state index in [1.807, 2.05) is 105 Å². The molecule has 2 N–H and O–H groups in total. The van der Waals surface area contributed by atoms with Crippen LogP contribution in [0.1, 0.15) is 44.3 Å². The highest BCUT2D eigenvalue weighted by Crippen LogP contribution is 2.62. The van der Waals surface area contributed by atoms with Crippen LogP contribution in [0.5, 0.6) is 0 Å². The van der Waals surface area contributed by atoms with E-state index in [0.29, 0.717) is 52.9 Å². The number of hydrogen-bond acceptors (Lipinski definition) is 33. The van der Waals surface area contributed by atoms with E-state index in [4.69, 9.17) is 95.6 Å². The van der Waals surface area contributed by atoms with Gasteiger partial charge in [0.05, 0.1) is 136 Å². The van der Waals surface area contributed by atoms with Crippen LogP contribution in [0.2, 0.25) is 0 Å². The number of carbonyl (C=O) groups is 3. The summed E-state index contributed by atoms with van der Waals surface area (Å²) < 4.78 is 181. The van der Waals surface area contributed by atoms with E-state index in [0.717, 1.165) is 16.8 Å². The van der Waals surface area contributed by atoms with Crippen LogP contribution in [0.15, 0.2) is 109 Å². The van der Waals surface area contributed by atoms with Crippen LogP contribution in [0, 0.1) is 6.92 Å². The number of anilines is 1. The lowest BCUT2D eigenvalue weighted by Gasteiger charge is -2.47. The molecule has 18 aliphatic heterocycles. The number of likely N-dealkylation sites (N-methyl/N-ethyl adjacent to an activating group) is 1. The Labute approximate surface area is 563 Å². The number of phosphoric ester groups is 6. The number of fused-ring (bicyclic) bond motifs is 18. The van der Waals surface area contributed by atoms with E-state index >= 15 is 0 Å². The first-order chi connectivity index (χ1) is 46.5. The number of methoxy groups -OCH3 is 1. The zero-order valence-electron chi connectivity index (χ0n) is 53.8. The number of phosphoric acid groups is 6. The highest BCUT2D eigenvalue weighted by molar-refractivity contribution is 7.50. The SMILES string of the molecule is CC(=O)NC12COP(=O)(OC1)OC2.CN(C)C12COP(=O)(OC1)OC2.COC(=O)c1cccc(C(=O)OC23COP(=O)(OC2)OC3)c1.Cc1cccc(COC23COP(=O)(OC2)OC3)c1.O=P12OCC(Nc3ccccc3)(CO1)CO2.O=P12OCC(OCc3ccccc3)(CO1)CO2. The second-order valence-corrected chi connectivity index (χ2v) is 34.5.